The quantitative estimate of drug-likeness (QED) is 0.159. The van der Waals surface area contributed by atoms with Gasteiger partial charge in [0.25, 0.3) is 14.4 Å². The van der Waals surface area contributed by atoms with Crippen molar-refractivity contribution in [2.24, 2.45) is 0 Å². The molecule has 5 rings (SSSR count). The molecule has 5 atom stereocenters. The summed E-state index contributed by atoms with van der Waals surface area (Å²) in [5.74, 6) is 0.435. The normalized spacial score (nSPS) is 20.8. The molecule has 0 saturated carbocycles. The fourth-order valence-corrected chi connectivity index (χ4v) is 7.16. The van der Waals surface area contributed by atoms with Gasteiger partial charge in [0, 0.05) is 20.6 Å². The Morgan fingerprint density at radius 2 is 1.76 bits per heavy atom. The molecule has 4 aromatic rings. The van der Waals surface area contributed by atoms with Crippen molar-refractivity contribution >= 4 is 31.4 Å². The first-order chi connectivity index (χ1) is 22.8. The molecule has 1 aliphatic rings. The monoisotopic (exact) mass is 651 g/mol. The zero-order valence-corrected chi connectivity index (χ0v) is 27.7. The summed E-state index contributed by atoms with van der Waals surface area (Å²) >= 11 is 0. The molecule has 0 spiro atoms. The van der Waals surface area contributed by atoms with Crippen LogP contribution in [0.3, 0.4) is 0 Å². The standard InChI is InChI=1S/C33H43N6O6P/c1-22(2)39(23(3)4)46(43-18-17-25-13-9-7-10-14-25)45-29-24(5)44-33(30(29)41-6)38-21-36-28-31(34-20-35-32(28)38)37-27(40)19-42-26-15-11-8-12-16-26/h7-16,20-24,29-30,33H,17-19H2,1-6H3,(H,34,35,37,40)/i5D. The molecule has 1 N–H and O–H groups in total. The van der Waals surface area contributed by atoms with Gasteiger partial charge in [0.1, 0.15) is 24.3 Å². The van der Waals surface area contributed by atoms with Crippen molar-refractivity contribution in [2.75, 3.05) is 25.6 Å². The van der Waals surface area contributed by atoms with Crippen LogP contribution in [-0.2, 0) is 29.7 Å². The molecule has 2 aromatic carbocycles. The Labute approximate surface area is 272 Å². The number of anilines is 1. The Morgan fingerprint density at radius 1 is 1.04 bits per heavy atom. The van der Waals surface area contributed by atoms with Gasteiger partial charge in [0.05, 0.1) is 19.0 Å². The van der Waals surface area contributed by atoms with Gasteiger partial charge in [-0.3, -0.25) is 9.36 Å². The number of aromatic nitrogens is 4. The minimum atomic E-state index is -1.54. The summed E-state index contributed by atoms with van der Waals surface area (Å²) in [5.41, 5.74) is 1.99. The van der Waals surface area contributed by atoms with Gasteiger partial charge in [-0.05, 0) is 58.7 Å². The van der Waals surface area contributed by atoms with Crippen molar-refractivity contribution in [1.29, 1.82) is 0 Å². The van der Waals surface area contributed by atoms with Crippen molar-refractivity contribution in [3.8, 4) is 5.75 Å². The molecule has 12 nitrogen and oxygen atoms in total. The van der Waals surface area contributed by atoms with Crippen molar-refractivity contribution in [3.05, 3.63) is 78.9 Å². The average molecular weight is 652 g/mol. The van der Waals surface area contributed by atoms with E-state index in [0.29, 0.717) is 23.5 Å². The first-order valence-electron chi connectivity index (χ1n) is 16.1. The smallest absolute Gasteiger partial charge is 0.263 e. The van der Waals surface area contributed by atoms with Crippen LogP contribution in [0.5, 0.6) is 5.75 Å². The maximum atomic E-state index is 12.7. The number of benzene rings is 2. The van der Waals surface area contributed by atoms with Gasteiger partial charge < -0.3 is 28.6 Å². The molecular formula is C33H43N6O6P. The molecule has 246 valence electrons. The van der Waals surface area contributed by atoms with E-state index in [1.807, 2.05) is 36.4 Å². The highest BCUT2D eigenvalue weighted by Gasteiger charge is 2.48. The van der Waals surface area contributed by atoms with E-state index in [0.717, 1.165) is 6.42 Å². The topological polar surface area (TPSA) is 122 Å². The summed E-state index contributed by atoms with van der Waals surface area (Å²) < 4.78 is 43.5. The lowest BCUT2D eigenvalue weighted by Crippen LogP contribution is -2.39. The number of nitrogens with zero attached hydrogens (tertiary/aromatic N) is 5. The van der Waals surface area contributed by atoms with Crippen LogP contribution in [0, 0.1) is 0 Å². The van der Waals surface area contributed by atoms with E-state index in [1.54, 1.807) is 30.1 Å². The Bertz CT molecular complexity index is 1560. The summed E-state index contributed by atoms with van der Waals surface area (Å²) in [6, 6.07) is 19.6. The molecule has 46 heavy (non-hydrogen) atoms. The van der Waals surface area contributed by atoms with Gasteiger partial charge in [-0.2, -0.15) is 0 Å². The van der Waals surface area contributed by atoms with Crippen molar-refractivity contribution in [2.45, 2.75) is 77.6 Å². The molecule has 0 aliphatic carbocycles. The van der Waals surface area contributed by atoms with Crippen LogP contribution in [0.15, 0.2) is 73.3 Å². The fourth-order valence-electron chi connectivity index (χ4n) is 5.39. The van der Waals surface area contributed by atoms with Gasteiger partial charge in [0.15, 0.2) is 29.8 Å². The summed E-state index contributed by atoms with van der Waals surface area (Å²) in [6.07, 6.45) is 1.12. The molecule has 3 heterocycles. The van der Waals surface area contributed by atoms with Gasteiger partial charge >= 0.3 is 0 Å². The lowest BCUT2D eigenvalue weighted by atomic mass is 10.1. The van der Waals surface area contributed by atoms with E-state index in [-0.39, 0.29) is 31.4 Å². The number of fused-ring (bicyclic) bond motifs is 1. The zero-order chi connectivity index (χ0) is 33.3. The van der Waals surface area contributed by atoms with Crippen LogP contribution in [0.1, 0.15) is 47.8 Å². The number of nitrogens with one attached hydrogen (secondary N) is 1. The molecular weight excluding hydrogens is 607 g/mol. The Hall–Kier alpha value is -3.51. The maximum Gasteiger partial charge on any atom is 0.263 e. The number of ether oxygens (including phenoxy) is 3. The third-order valence-corrected chi connectivity index (χ3v) is 9.58. The summed E-state index contributed by atoms with van der Waals surface area (Å²) in [5, 5.41) is 2.77. The molecule has 1 saturated heterocycles. The second-order valence-electron chi connectivity index (χ2n) is 11.4. The van der Waals surface area contributed by atoms with Gasteiger partial charge in [0.2, 0.25) is 0 Å². The van der Waals surface area contributed by atoms with Crippen LogP contribution in [0.25, 0.3) is 11.2 Å². The Kier molecular flexibility index (Phi) is 11.2. The van der Waals surface area contributed by atoms with Crippen LogP contribution >= 0.6 is 8.53 Å². The van der Waals surface area contributed by atoms with Crippen molar-refractivity contribution in [1.82, 2.24) is 24.2 Å². The number of amides is 1. The SMILES string of the molecule is [2H]CC1OC(n2cnc3c(NC(=O)COc4ccccc4)ncnc32)C(OC)C1OP(OCCc1ccccc1)N(C(C)C)C(C)C. The highest BCUT2D eigenvalue weighted by molar-refractivity contribution is 7.44. The van der Waals surface area contributed by atoms with Gasteiger partial charge in [-0.25, -0.2) is 19.6 Å². The number of hydrogen-bond acceptors (Lipinski definition) is 10. The number of carbonyl (C=O) groups excluding carboxylic acids is 1. The summed E-state index contributed by atoms with van der Waals surface area (Å²) in [7, 11) is 0.0529. The fraction of sp³-hybridized carbons (Fsp3) is 0.455. The Balaban J connectivity index is 1.34. The average Bonchev–Trinajstić information content (AvgIpc) is 3.66. The Morgan fingerprint density at radius 3 is 2.43 bits per heavy atom. The second-order valence-corrected chi connectivity index (χ2v) is 12.8. The molecule has 13 heteroatoms. The first kappa shape index (κ1) is 32.4. The third-order valence-electron chi connectivity index (χ3n) is 7.46. The predicted octanol–water partition coefficient (Wildman–Crippen LogP) is 5.77. The zero-order valence-electron chi connectivity index (χ0n) is 27.9. The minimum Gasteiger partial charge on any atom is -0.484 e. The van der Waals surface area contributed by atoms with E-state index in [9.17, 15) is 4.79 Å². The summed E-state index contributed by atoms with van der Waals surface area (Å²) in [4.78, 5) is 25.9. The van der Waals surface area contributed by atoms with Crippen molar-refractivity contribution < 1.29 is 29.4 Å². The number of para-hydroxylation sites is 1. The number of carbonyl (C=O) groups is 1. The minimum absolute atomic E-state index is 0.0537. The van der Waals surface area contributed by atoms with E-state index in [2.05, 4.69) is 64.8 Å². The highest BCUT2D eigenvalue weighted by atomic mass is 31.2. The van der Waals surface area contributed by atoms with Crippen LogP contribution in [0.2, 0.25) is 0 Å². The molecule has 1 amide bonds. The largest absolute Gasteiger partial charge is 0.484 e. The lowest BCUT2D eigenvalue weighted by Gasteiger charge is -2.38. The molecule has 0 bridgehead atoms. The van der Waals surface area contributed by atoms with Gasteiger partial charge in [-0.1, -0.05) is 48.5 Å². The van der Waals surface area contributed by atoms with Crippen LogP contribution < -0.4 is 10.1 Å². The highest BCUT2D eigenvalue weighted by Crippen LogP contribution is 2.50. The summed E-state index contributed by atoms with van der Waals surface area (Å²) in [6.45, 7) is 8.68. The maximum absolute atomic E-state index is 12.7. The number of imidazole rings is 1. The van der Waals surface area contributed by atoms with Crippen LogP contribution in [0.4, 0.5) is 5.82 Å². The second kappa shape index (κ2) is 15.9. The molecule has 1 aliphatic heterocycles. The number of methoxy groups -OCH3 is 1. The van der Waals surface area contributed by atoms with Crippen LogP contribution in [-0.4, -0.2) is 80.8 Å². The molecule has 2 aromatic heterocycles. The lowest BCUT2D eigenvalue weighted by molar-refractivity contribution is -0.118. The molecule has 1 fully saturated rings. The van der Waals surface area contributed by atoms with E-state index < -0.39 is 39.0 Å². The predicted molar refractivity (Wildman–Crippen MR) is 176 cm³/mol. The number of rotatable bonds is 15. The number of hydrogen-bond donors (Lipinski definition) is 1. The molecule has 0 radical (unpaired) electrons. The van der Waals surface area contributed by atoms with Crippen molar-refractivity contribution in [3.63, 3.8) is 0 Å². The van der Waals surface area contributed by atoms with E-state index in [1.165, 1.54) is 11.9 Å². The first-order valence-corrected chi connectivity index (χ1v) is 16.5. The van der Waals surface area contributed by atoms with E-state index >= 15 is 0 Å². The van der Waals surface area contributed by atoms with Gasteiger partial charge in [-0.15, -0.1) is 0 Å². The molecule has 5 unspecified atom stereocenters. The third kappa shape index (κ3) is 8.06. The van der Waals surface area contributed by atoms with E-state index in [4.69, 9.17) is 24.6 Å².